The van der Waals surface area contributed by atoms with Crippen LogP contribution in [0.4, 0.5) is 0 Å². The molecule has 5 nitrogen and oxygen atoms in total. The number of carboxylic acids is 1. The first-order chi connectivity index (χ1) is 9.22. The van der Waals surface area contributed by atoms with Crippen molar-refractivity contribution in [3.8, 4) is 0 Å². The maximum absolute atomic E-state index is 11.0. The fourth-order valence-electron chi connectivity index (χ4n) is 2.77. The third kappa shape index (κ3) is 3.56. The van der Waals surface area contributed by atoms with Crippen molar-refractivity contribution in [1.29, 1.82) is 0 Å². The molecule has 0 spiro atoms. The Hall–Kier alpha value is -1.36. The quantitative estimate of drug-likeness (QED) is 0.828. The van der Waals surface area contributed by atoms with Crippen LogP contribution in [0.1, 0.15) is 57.2 Å². The summed E-state index contributed by atoms with van der Waals surface area (Å²) in [5.74, 6) is -0.786. The maximum Gasteiger partial charge on any atom is 0.320 e. The van der Waals surface area contributed by atoms with Crippen LogP contribution in [0.3, 0.4) is 0 Å². The van der Waals surface area contributed by atoms with E-state index >= 15 is 0 Å². The summed E-state index contributed by atoms with van der Waals surface area (Å²) in [6.45, 7) is 2.45. The molecule has 1 fully saturated rings. The fraction of sp³-hybridized carbons (Fsp3) is 0.714. The first kappa shape index (κ1) is 14.1. The van der Waals surface area contributed by atoms with Crippen molar-refractivity contribution in [2.75, 3.05) is 0 Å². The van der Waals surface area contributed by atoms with Gasteiger partial charge in [0, 0.05) is 12.7 Å². The minimum absolute atomic E-state index is 0.477. The summed E-state index contributed by atoms with van der Waals surface area (Å²) in [6, 6.07) is 2.00. The average Bonchev–Trinajstić information content (AvgIpc) is 2.88. The number of hydrogen-bond acceptors (Lipinski definition) is 3. The van der Waals surface area contributed by atoms with Gasteiger partial charge in [0.1, 0.15) is 6.04 Å². The predicted octanol–water partition coefficient (Wildman–Crippen LogP) is 2.34. The van der Waals surface area contributed by atoms with Gasteiger partial charge in [-0.25, -0.2) is 0 Å². The van der Waals surface area contributed by atoms with Gasteiger partial charge in [-0.2, -0.15) is 5.10 Å². The highest BCUT2D eigenvalue weighted by Gasteiger charge is 2.19. The van der Waals surface area contributed by atoms with E-state index in [4.69, 9.17) is 5.11 Å². The van der Waals surface area contributed by atoms with Gasteiger partial charge in [-0.05, 0) is 25.3 Å². The minimum Gasteiger partial charge on any atom is -0.480 e. The molecule has 0 aliphatic heterocycles. The molecule has 2 rings (SSSR count). The number of rotatable bonds is 6. The van der Waals surface area contributed by atoms with Crippen LogP contribution < -0.4 is 5.32 Å². The van der Waals surface area contributed by atoms with Crippen LogP contribution in [0, 0.1) is 0 Å². The van der Waals surface area contributed by atoms with Crippen molar-refractivity contribution in [2.24, 2.45) is 0 Å². The van der Waals surface area contributed by atoms with Gasteiger partial charge >= 0.3 is 5.97 Å². The number of carbonyl (C=O) groups is 1. The van der Waals surface area contributed by atoms with Gasteiger partial charge in [0.05, 0.1) is 11.7 Å². The Bertz CT molecular complexity index is 411. The zero-order valence-electron chi connectivity index (χ0n) is 11.5. The normalized spacial score (nSPS) is 18.4. The topological polar surface area (TPSA) is 67.2 Å². The molecule has 0 amide bonds. The zero-order chi connectivity index (χ0) is 13.7. The van der Waals surface area contributed by atoms with Gasteiger partial charge in [0.25, 0.3) is 0 Å². The standard InChI is InChI=1S/C14H23N3O2/c1-2-13(14(18)19)15-10-12-8-9-16-17(12)11-6-4-3-5-7-11/h8-9,11,13,15H,2-7,10H2,1H3,(H,18,19)/t13-/m1/s1. The molecular weight excluding hydrogens is 242 g/mol. The molecule has 1 aliphatic carbocycles. The Balaban J connectivity index is 1.97. The Morgan fingerprint density at radius 2 is 2.26 bits per heavy atom. The number of nitrogens with zero attached hydrogens (tertiary/aromatic N) is 2. The highest BCUT2D eigenvalue weighted by atomic mass is 16.4. The van der Waals surface area contributed by atoms with Gasteiger partial charge in [-0.1, -0.05) is 26.2 Å². The monoisotopic (exact) mass is 265 g/mol. The summed E-state index contributed by atoms with van der Waals surface area (Å²) < 4.78 is 2.08. The molecule has 1 aromatic rings. The number of hydrogen-bond donors (Lipinski definition) is 2. The second-order valence-corrected chi connectivity index (χ2v) is 5.24. The third-order valence-electron chi connectivity index (χ3n) is 3.91. The van der Waals surface area contributed by atoms with E-state index in [0.717, 1.165) is 5.69 Å². The molecule has 1 heterocycles. The van der Waals surface area contributed by atoms with Crippen LogP contribution in [0.25, 0.3) is 0 Å². The van der Waals surface area contributed by atoms with E-state index < -0.39 is 12.0 Å². The van der Waals surface area contributed by atoms with Gasteiger partial charge in [-0.15, -0.1) is 0 Å². The first-order valence-corrected chi connectivity index (χ1v) is 7.21. The molecule has 5 heteroatoms. The second kappa shape index (κ2) is 6.70. The first-order valence-electron chi connectivity index (χ1n) is 7.21. The lowest BCUT2D eigenvalue weighted by Crippen LogP contribution is -2.36. The molecule has 1 atom stereocenters. The van der Waals surface area contributed by atoms with Gasteiger partial charge in [0.15, 0.2) is 0 Å². The van der Waals surface area contributed by atoms with Crippen molar-refractivity contribution >= 4 is 5.97 Å². The van der Waals surface area contributed by atoms with Crippen LogP contribution in [-0.4, -0.2) is 26.9 Å². The summed E-state index contributed by atoms with van der Waals surface area (Å²) in [6.07, 6.45) is 8.63. The Morgan fingerprint density at radius 3 is 2.89 bits per heavy atom. The molecular formula is C14H23N3O2. The summed E-state index contributed by atoms with van der Waals surface area (Å²) in [5.41, 5.74) is 1.09. The highest BCUT2D eigenvalue weighted by molar-refractivity contribution is 5.73. The van der Waals surface area contributed by atoms with Crippen LogP contribution in [0.15, 0.2) is 12.3 Å². The lowest BCUT2D eigenvalue weighted by atomic mass is 9.95. The van der Waals surface area contributed by atoms with E-state index in [9.17, 15) is 4.79 Å². The smallest absolute Gasteiger partial charge is 0.320 e. The van der Waals surface area contributed by atoms with E-state index in [-0.39, 0.29) is 0 Å². The van der Waals surface area contributed by atoms with E-state index in [1.165, 1.54) is 32.1 Å². The number of aliphatic carboxylic acids is 1. The summed E-state index contributed by atoms with van der Waals surface area (Å²) >= 11 is 0. The number of nitrogens with one attached hydrogen (secondary N) is 1. The number of aromatic nitrogens is 2. The van der Waals surface area contributed by atoms with Crippen LogP contribution in [0.5, 0.6) is 0 Å². The van der Waals surface area contributed by atoms with Crippen molar-refractivity contribution in [2.45, 2.75) is 64.1 Å². The Morgan fingerprint density at radius 1 is 1.53 bits per heavy atom. The van der Waals surface area contributed by atoms with E-state index in [1.54, 1.807) is 0 Å². The molecule has 1 aromatic heterocycles. The molecule has 0 bridgehead atoms. The minimum atomic E-state index is -0.786. The Kier molecular flexibility index (Phi) is 4.96. The number of carboxylic acid groups (broad SMARTS) is 1. The predicted molar refractivity (Wildman–Crippen MR) is 72.9 cm³/mol. The van der Waals surface area contributed by atoms with Gasteiger partial charge in [-0.3, -0.25) is 14.8 Å². The van der Waals surface area contributed by atoms with E-state index in [2.05, 4.69) is 15.1 Å². The van der Waals surface area contributed by atoms with Crippen molar-refractivity contribution in [1.82, 2.24) is 15.1 Å². The SMILES string of the molecule is CC[C@@H](NCc1ccnn1C1CCCCC1)C(=O)O. The van der Waals surface area contributed by atoms with E-state index in [1.807, 2.05) is 19.2 Å². The highest BCUT2D eigenvalue weighted by Crippen LogP contribution is 2.28. The summed E-state index contributed by atoms with van der Waals surface area (Å²) in [5, 5.41) is 16.5. The van der Waals surface area contributed by atoms with Crippen molar-refractivity contribution in [3.05, 3.63) is 18.0 Å². The molecule has 1 aliphatic rings. The van der Waals surface area contributed by atoms with Gasteiger partial charge in [0.2, 0.25) is 0 Å². The van der Waals surface area contributed by atoms with Crippen LogP contribution in [0.2, 0.25) is 0 Å². The summed E-state index contributed by atoms with van der Waals surface area (Å²) in [4.78, 5) is 11.0. The largest absolute Gasteiger partial charge is 0.480 e. The van der Waals surface area contributed by atoms with Crippen molar-refractivity contribution in [3.63, 3.8) is 0 Å². The Labute approximate surface area is 114 Å². The molecule has 0 radical (unpaired) electrons. The molecule has 0 unspecified atom stereocenters. The van der Waals surface area contributed by atoms with Crippen LogP contribution >= 0.6 is 0 Å². The average molecular weight is 265 g/mol. The molecule has 0 aromatic carbocycles. The molecule has 0 saturated heterocycles. The van der Waals surface area contributed by atoms with E-state index in [0.29, 0.717) is 19.0 Å². The van der Waals surface area contributed by atoms with Crippen molar-refractivity contribution < 1.29 is 9.90 Å². The third-order valence-corrected chi connectivity index (χ3v) is 3.91. The maximum atomic E-state index is 11.0. The fourth-order valence-corrected chi connectivity index (χ4v) is 2.77. The molecule has 19 heavy (non-hydrogen) atoms. The molecule has 2 N–H and O–H groups in total. The van der Waals surface area contributed by atoms with Crippen LogP contribution in [-0.2, 0) is 11.3 Å². The lowest BCUT2D eigenvalue weighted by Gasteiger charge is -2.24. The second-order valence-electron chi connectivity index (χ2n) is 5.24. The van der Waals surface area contributed by atoms with Gasteiger partial charge < -0.3 is 5.11 Å². The zero-order valence-corrected chi connectivity index (χ0v) is 11.5. The molecule has 1 saturated carbocycles. The lowest BCUT2D eigenvalue weighted by molar-refractivity contribution is -0.139. The summed E-state index contributed by atoms with van der Waals surface area (Å²) in [7, 11) is 0. The molecule has 106 valence electrons.